The second-order valence-corrected chi connectivity index (χ2v) is 9.24. The monoisotopic (exact) mass is 478 g/mol. The molecule has 1 fully saturated rings. The summed E-state index contributed by atoms with van der Waals surface area (Å²) < 4.78 is 34.9. The van der Waals surface area contributed by atoms with Gasteiger partial charge in [0.15, 0.2) is 11.6 Å². The zero-order chi connectivity index (χ0) is 24.6. The van der Waals surface area contributed by atoms with Crippen LogP contribution in [0.1, 0.15) is 18.4 Å². The van der Waals surface area contributed by atoms with Gasteiger partial charge in [-0.05, 0) is 54.8 Å². The molecular formula is C26H28F2N6O. The van der Waals surface area contributed by atoms with Crippen LogP contribution in [0.2, 0.25) is 0 Å². The van der Waals surface area contributed by atoms with Crippen LogP contribution in [-0.2, 0) is 11.3 Å². The third-order valence-electron chi connectivity index (χ3n) is 6.58. The molecule has 182 valence electrons. The number of fused-ring (bicyclic) bond motifs is 1. The number of hydrogen-bond acceptors (Lipinski definition) is 6. The molecule has 0 amide bonds. The van der Waals surface area contributed by atoms with Crippen LogP contribution in [0.4, 0.5) is 20.2 Å². The molecule has 3 heterocycles. The van der Waals surface area contributed by atoms with Crippen molar-refractivity contribution in [3.63, 3.8) is 0 Å². The fraction of sp³-hybridized carbons (Fsp3) is 0.308. The van der Waals surface area contributed by atoms with Crippen molar-refractivity contribution in [3.05, 3.63) is 72.2 Å². The fourth-order valence-electron chi connectivity index (χ4n) is 4.91. The number of para-hydroxylation sites is 1. The summed E-state index contributed by atoms with van der Waals surface area (Å²) in [4.78, 5) is 11.3. The van der Waals surface area contributed by atoms with Crippen LogP contribution in [0.15, 0.2) is 55.0 Å². The number of pyridine rings is 1. The Morgan fingerprint density at radius 1 is 1.11 bits per heavy atom. The first-order valence-corrected chi connectivity index (χ1v) is 11.5. The lowest BCUT2D eigenvalue weighted by Crippen LogP contribution is -2.57. The van der Waals surface area contributed by atoms with E-state index in [1.165, 1.54) is 12.1 Å². The molecule has 7 nitrogen and oxygen atoms in total. The number of nitrogens with two attached hydrogens (primary N) is 2. The van der Waals surface area contributed by atoms with Crippen molar-refractivity contribution < 1.29 is 13.5 Å². The number of anilines is 2. The molecule has 1 saturated heterocycles. The van der Waals surface area contributed by atoms with E-state index in [-0.39, 0.29) is 0 Å². The van der Waals surface area contributed by atoms with E-state index >= 15 is 0 Å². The van der Waals surface area contributed by atoms with Gasteiger partial charge in [-0.2, -0.15) is 0 Å². The molecule has 2 aromatic carbocycles. The second kappa shape index (κ2) is 9.24. The average Bonchev–Trinajstić information content (AvgIpc) is 3.25. The number of hydrogen-bond donors (Lipinski definition) is 2. The molecule has 0 aliphatic carbocycles. The van der Waals surface area contributed by atoms with Crippen LogP contribution in [0.25, 0.3) is 22.3 Å². The number of rotatable bonds is 6. The molecule has 5 rings (SSSR count). The van der Waals surface area contributed by atoms with Gasteiger partial charge in [0, 0.05) is 25.8 Å². The molecule has 1 aliphatic rings. The summed E-state index contributed by atoms with van der Waals surface area (Å²) in [6.07, 6.45) is 5.35. The Balaban J connectivity index is 1.58. The van der Waals surface area contributed by atoms with Crippen molar-refractivity contribution in [1.82, 2.24) is 14.5 Å². The van der Waals surface area contributed by atoms with E-state index in [4.69, 9.17) is 16.2 Å². The maximum absolute atomic E-state index is 13.9. The molecule has 1 aliphatic heterocycles. The molecular weight excluding hydrogens is 450 g/mol. The first-order chi connectivity index (χ1) is 16.9. The van der Waals surface area contributed by atoms with Crippen LogP contribution in [0, 0.1) is 11.6 Å². The highest BCUT2D eigenvalue weighted by Crippen LogP contribution is 2.32. The van der Waals surface area contributed by atoms with Gasteiger partial charge in [0.25, 0.3) is 0 Å². The maximum atomic E-state index is 13.9. The number of ether oxygens (including phenoxy) is 1. The first kappa shape index (κ1) is 23.2. The minimum absolute atomic E-state index is 0.459. The van der Waals surface area contributed by atoms with E-state index in [2.05, 4.69) is 14.9 Å². The van der Waals surface area contributed by atoms with Gasteiger partial charge in [0.1, 0.15) is 5.52 Å². The molecule has 0 bridgehead atoms. The van der Waals surface area contributed by atoms with Crippen molar-refractivity contribution in [2.45, 2.75) is 24.9 Å². The number of methoxy groups -OCH3 is 1. The molecule has 2 aromatic heterocycles. The van der Waals surface area contributed by atoms with Gasteiger partial charge < -0.3 is 25.7 Å². The van der Waals surface area contributed by atoms with E-state index in [1.54, 1.807) is 19.6 Å². The Bertz CT molecular complexity index is 1370. The highest BCUT2D eigenvalue weighted by atomic mass is 19.2. The Kier molecular flexibility index (Phi) is 6.12. The summed E-state index contributed by atoms with van der Waals surface area (Å²) in [7, 11) is 1.66. The van der Waals surface area contributed by atoms with Crippen molar-refractivity contribution >= 4 is 22.4 Å². The SMILES string of the molecule is COC[C@@]1(N)CCCN(c2cnc(-c3ccc(F)c(F)c3)cc2Cn2cnc3c(N)cccc32)C1. The van der Waals surface area contributed by atoms with Crippen LogP contribution in [0.5, 0.6) is 0 Å². The molecule has 1 atom stereocenters. The molecule has 0 spiro atoms. The zero-order valence-electron chi connectivity index (χ0n) is 19.5. The minimum atomic E-state index is -0.908. The molecule has 0 radical (unpaired) electrons. The zero-order valence-corrected chi connectivity index (χ0v) is 19.5. The summed E-state index contributed by atoms with van der Waals surface area (Å²) in [5.74, 6) is -1.80. The van der Waals surface area contributed by atoms with Crippen molar-refractivity contribution in [2.75, 3.05) is 37.4 Å². The summed E-state index contributed by atoms with van der Waals surface area (Å²) >= 11 is 0. The largest absolute Gasteiger partial charge is 0.397 e. The summed E-state index contributed by atoms with van der Waals surface area (Å²) in [5, 5.41) is 0. The van der Waals surface area contributed by atoms with Gasteiger partial charge in [-0.3, -0.25) is 4.98 Å². The van der Waals surface area contributed by atoms with Gasteiger partial charge in [-0.1, -0.05) is 6.07 Å². The minimum Gasteiger partial charge on any atom is -0.397 e. The Morgan fingerprint density at radius 2 is 1.97 bits per heavy atom. The number of aromatic nitrogens is 3. The number of imidazole rings is 1. The fourth-order valence-corrected chi connectivity index (χ4v) is 4.91. The predicted octanol–water partition coefficient (Wildman–Crippen LogP) is 3.95. The number of nitrogens with zero attached hydrogens (tertiary/aromatic N) is 4. The molecule has 0 unspecified atom stereocenters. The lowest BCUT2D eigenvalue weighted by atomic mass is 9.90. The quantitative estimate of drug-likeness (QED) is 0.408. The first-order valence-electron chi connectivity index (χ1n) is 11.5. The molecule has 9 heteroatoms. The van der Waals surface area contributed by atoms with E-state index < -0.39 is 17.2 Å². The lowest BCUT2D eigenvalue weighted by Gasteiger charge is -2.41. The highest BCUT2D eigenvalue weighted by molar-refractivity contribution is 5.87. The van der Waals surface area contributed by atoms with Crippen molar-refractivity contribution in [1.29, 1.82) is 0 Å². The molecule has 0 saturated carbocycles. The number of nitrogen functional groups attached to an aromatic ring is 1. The van der Waals surface area contributed by atoms with Crippen molar-refractivity contribution in [2.24, 2.45) is 5.73 Å². The summed E-state index contributed by atoms with van der Waals surface area (Å²) in [5.41, 5.74) is 17.5. The van der Waals surface area contributed by atoms with Gasteiger partial charge >= 0.3 is 0 Å². The molecule has 4 aromatic rings. The van der Waals surface area contributed by atoms with Gasteiger partial charge in [0.2, 0.25) is 0 Å². The van der Waals surface area contributed by atoms with Crippen LogP contribution < -0.4 is 16.4 Å². The second-order valence-electron chi connectivity index (χ2n) is 9.24. The van der Waals surface area contributed by atoms with E-state index in [9.17, 15) is 8.78 Å². The van der Waals surface area contributed by atoms with Crippen molar-refractivity contribution in [3.8, 4) is 11.3 Å². The number of piperidine rings is 1. The number of benzene rings is 2. The lowest BCUT2D eigenvalue weighted by molar-refractivity contribution is 0.121. The highest BCUT2D eigenvalue weighted by Gasteiger charge is 2.33. The maximum Gasteiger partial charge on any atom is 0.159 e. The normalized spacial score (nSPS) is 18.3. The molecule has 35 heavy (non-hydrogen) atoms. The van der Waals surface area contributed by atoms with E-state index in [0.717, 1.165) is 47.7 Å². The van der Waals surface area contributed by atoms with Gasteiger partial charge in [0.05, 0.1) is 53.8 Å². The predicted molar refractivity (Wildman–Crippen MR) is 133 cm³/mol. The van der Waals surface area contributed by atoms with Gasteiger partial charge in [-0.25, -0.2) is 13.8 Å². The smallest absolute Gasteiger partial charge is 0.159 e. The molecule has 4 N–H and O–H groups in total. The van der Waals surface area contributed by atoms with Crippen LogP contribution in [0.3, 0.4) is 0 Å². The van der Waals surface area contributed by atoms with Crippen LogP contribution >= 0.6 is 0 Å². The topological polar surface area (TPSA) is 95.2 Å². The Hall–Kier alpha value is -3.56. The number of halogens is 2. The third kappa shape index (κ3) is 4.56. The standard InChI is InChI=1S/C26H28F2N6O/c1-35-15-26(30)8-3-9-33(14-26)24-12-31-22(17-6-7-19(27)20(28)10-17)11-18(24)13-34-16-32-25-21(29)4-2-5-23(25)34/h2,4-7,10-12,16H,3,8-9,13-15,29-30H2,1H3/t26-/m1/s1. The van der Waals surface area contributed by atoms with Gasteiger partial charge in [-0.15, -0.1) is 0 Å². The summed E-state index contributed by atoms with van der Waals surface area (Å²) in [6.45, 7) is 2.41. The van der Waals surface area contributed by atoms with Crippen LogP contribution in [-0.4, -0.2) is 46.9 Å². The Labute approximate surface area is 202 Å². The average molecular weight is 479 g/mol. The Morgan fingerprint density at radius 3 is 2.77 bits per heavy atom. The third-order valence-corrected chi connectivity index (χ3v) is 6.58. The summed E-state index contributed by atoms with van der Waals surface area (Å²) in [6, 6.07) is 11.4. The van der Waals surface area contributed by atoms with E-state index in [0.29, 0.717) is 36.6 Å². The van der Waals surface area contributed by atoms with E-state index in [1.807, 2.05) is 28.8 Å².